The quantitative estimate of drug-likeness (QED) is 0.187. The van der Waals surface area contributed by atoms with Crippen LogP contribution in [0.2, 0.25) is 0 Å². The van der Waals surface area contributed by atoms with Gasteiger partial charge in [0.2, 0.25) is 0 Å². The summed E-state index contributed by atoms with van der Waals surface area (Å²) in [5.74, 6) is 1.55. The average Bonchev–Trinajstić information content (AvgIpc) is 3.83. The van der Waals surface area contributed by atoms with Gasteiger partial charge in [-0.15, -0.1) is 11.3 Å². The molecule has 51 heavy (non-hydrogen) atoms. The number of rotatable bonds is 4. The predicted octanol–water partition coefficient (Wildman–Crippen LogP) is 12.4. The molecule has 0 aliphatic carbocycles. The number of para-hydroxylation sites is 3. The van der Waals surface area contributed by atoms with Crippen molar-refractivity contribution in [1.82, 2.24) is 19.1 Å². The lowest BCUT2D eigenvalue weighted by atomic mass is 10.1. The minimum Gasteiger partial charge on any atom is -0.309 e. The fourth-order valence-corrected chi connectivity index (χ4v) is 8.97. The molecule has 238 valence electrons. The molecular formula is C46H28N4S. The fourth-order valence-electron chi connectivity index (χ4n) is 7.82. The van der Waals surface area contributed by atoms with Crippen molar-refractivity contribution in [3.63, 3.8) is 0 Å². The van der Waals surface area contributed by atoms with Gasteiger partial charge in [0.15, 0.2) is 5.82 Å². The molecule has 4 aromatic heterocycles. The molecule has 0 bridgehead atoms. The van der Waals surface area contributed by atoms with Gasteiger partial charge in [-0.2, -0.15) is 0 Å². The smallest absolute Gasteiger partial charge is 0.162 e. The van der Waals surface area contributed by atoms with Gasteiger partial charge in [-0.3, -0.25) is 4.57 Å². The summed E-state index contributed by atoms with van der Waals surface area (Å²) in [5, 5.41) is 7.48. The molecule has 0 saturated carbocycles. The Morgan fingerprint density at radius 3 is 1.65 bits per heavy atom. The molecule has 0 aliphatic heterocycles. The molecule has 0 spiro atoms. The molecule has 0 N–H and O–H groups in total. The summed E-state index contributed by atoms with van der Waals surface area (Å²) < 4.78 is 7.28. The summed E-state index contributed by atoms with van der Waals surface area (Å²) in [5.41, 5.74) is 8.81. The van der Waals surface area contributed by atoms with E-state index >= 15 is 0 Å². The molecule has 0 saturated heterocycles. The van der Waals surface area contributed by atoms with Crippen LogP contribution in [0.4, 0.5) is 0 Å². The highest BCUT2D eigenvalue weighted by Gasteiger charge is 2.20. The highest BCUT2D eigenvalue weighted by molar-refractivity contribution is 7.26. The number of thiophene rings is 1. The third-order valence-corrected chi connectivity index (χ3v) is 11.2. The first-order chi connectivity index (χ1) is 25.3. The van der Waals surface area contributed by atoms with E-state index in [1.54, 1.807) is 0 Å². The van der Waals surface area contributed by atoms with Crippen LogP contribution < -0.4 is 0 Å². The van der Waals surface area contributed by atoms with Crippen LogP contribution in [0, 0.1) is 0 Å². The van der Waals surface area contributed by atoms with Gasteiger partial charge in [-0.05, 0) is 48.5 Å². The zero-order chi connectivity index (χ0) is 33.5. The topological polar surface area (TPSA) is 35.6 Å². The molecule has 0 amide bonds. The molecule has 11 rings (SSSR count). The molecular weight excluding hydrogens is 641 g/mol. The maximum atomic E-state index is 5.26. The Bertz CT molecular complexity index is 3060. The summed E-state index contributed by atoms with van der Waals surface area (Å²) in [4.78, 5) is 10.3. The van der Waals surface area contributed by atoms with Crippen LogP contribution in [-0.4, -0.2) is 19.1 Å². The second kappa shape index (κ2) is 11.0. The van der Waals surface area contributed by atoms with E-state index in [4.69, 9.17) is 9.97 Å². The number of hydrogen-bond donors (Lipinski definition) is 0. The van der Waals surface area contributed by atoms with E-state index in [2.05, 4.69) is 155 Å². The number of benzene rings is 7. The van der Waals surface area contributed by atoms with E-state index in [0.717, 1.165) is 33.7 Å². The highest BCUT2D eigenvalue weighted by atomic mass is 32.1. The summed E-state index contributed by atoms with van der Waals surface area (Å²) in [6.45, 7) is 0. The van der Waals surface area contributed by atoms with Crippen molar-refractivity contribution in [2.75, 3.05) is 0 Å². The molecule has 7 aromatic carbocycles. The number of hydrogen-bond acceptors (Lipinski definition) is 3. The molecule has 0 atom stereocenters. The lowest BCUT2D eigenvalue weighted by Gasteiger charge is -2.12. The molecule has 4 heterocycles. The number of fused-ring (bicyclic) bond motifs is 9. The lowest BCUT2D eigenvalue weighted by Crippen LogP contribution is -2.02. The molecule has 0 fully saturated rings. The van der Waals surface area contributed by atoms with Crippen molar-refractivity contribution in [2.45, 2.75) is 0 Å². The van der Waals surface area contributed by atoms with Crippen LogP contribution in [0.15, 0.2) is 170 Å². The van der Waals surface area contributed by atoms with Crippen LogP contribution >= 0.6 is 11.3 Å². The van der Waals surface area contributed by atoms with E-state index in [-0.39, 0.29) is 0 Å². The largest absolute Gasteiger partial charge is 0.309 e. The first-order valence-corrected chi connectivity index (χ1v) is 18.0. The molecule has 5 heteroatoms. The third kappa shape index (κ3) is 4.32. The third-order valence-electron chi connectivity index (χ3n) is 10.1. The summed E-state index contributed by atoms with van der Waals surface area (Å²) in [7, 11) is 0. The molecule has 11 aromatic rings. The average molecular weight is 669 g/mol. The van der Waals surface area contributed by atoms with Crippen LogP contribution in [0.1, 0.15) is 0 Å². The Kier molecular flexibility index (Phi) is 6.09. The fraction of sp³-hybridized carbons (Fsp3) is 0. The SMILES string of the molecule is c1ccc(-c2cc(-n3c4ccccc4c4cc5sc6cc7c(cc6c5cc43)c3ccccc3n7-c3ccccc3)nc(-c3ccccc3)n2)cc1. The number of aromatic nitrogens is 4. The minimum absolute atomic E-state index is 0.706. The highest BCUT2D eigenvalue weighted by Crippen LogP contribution is 2.44. The molecule has 0 unspecified atom stereocenters. The lowest BCUT2D eigenvalue weighted by molar-refractivity contribution is 1.05. The van der Waals surface area contributed by atoms with Gasteiger partial charge in [-0.1, -0.05) is 115 Å². The van der Waals surface area contributed by atoms with Gasteiger partial charge in [0.1, 0.15) is 5.82 Å². The van der Waals surface area contributed by atoms with Crippen LogP contribution in [-0.2, 0) is 0 Å². The van der Waals surface area contributed by atoms with Crippen LogP contribution in [0.5, 0.6) is 0 Å². The van der Waals surface area contributed by atoms with Crippen molar-refractivity contribution in [1.29, 1.82) is 0 Å². The van der Waals surface area contributed by atoms with E-state index in [1.165, 1.54) is 58.4 Å². The van der Waals surface area contributed by atoms with Crippen molar-refractivity contribution < 1.29 is 0 Å². The van der Waals surface area contributed by atoms with Crippen molar-refractivity contribution in [3.05, 3.63) is 170 Å². The second-order valence-electron chi connectivity index (χ2n) is 13.0. The second-order valence-corrected chi connectivity index (χ2v) is 14.1. The van der Waals surface area contributed by atoms with Crippen LogP contribution in [0.25, 0.3) is 97.9 Å². The maximum absolute atomic E-state index is 5.26. The van der Waals surface area contributed by atoms with Gasteiger partial charge < -0.3 is 4.57 Å². The van der Waals surface area contributed by atoms with E-state index in [1.807, 2.05) is 35.6 Å². The minimum atomic E-state index is 0.706. The normalized spacial score (nSPS) is 11.9. The summed E-state index contributed by atoms with van der Waals surface area (Å²) >= 11 is 1.87. The molecule has 0 aliphatic rings. The van der Waals surface area contributed by atoms with Crippen molar-refractivity contribution in [2.24, 2.45) is 0 Å². The van der Waals surface area contributed by atoms with E-state index in [0.29, 0.717) is 5.82 Å². The van der Waals surface area contributed by atoms with Crippen LogP contribution in [0.3, 0.4) is 0 Å². The van der Waals surface area contributed by atoms with Gasteiger partial charge in [0, 0.05) is 64.6 Å². The maximum Gasteiger partial charge on any atom is 0.162 e. The van der Waals surface area contributed by atoms with Gasteiger partial charge >= 0.3 is 0 Å². The first-order valence-electron chi connectivity index (χ1n) is 17.2. The standard InChI is InChI=1S/C46H28N4S/c1-4-14-29(15-5-1)38-27-45(48-46(47-38)30-16-6-2-7-17-30)50-40-23-13-11-21-33(40)35-26-43-37(25-41(35)50)36-24-34-32-20-10-12-22-39(32)49(31-18-8-3-9-19-31)42(34)28-44(36)51-43/h1-28H. The van der Waals surface area contributed by atoms with Crippen molar-refractivity contribution in [3.8, 4) is 34.2 Å². The Labute approximate surface area is 297 Å². The molecule has 4 nitrogen and oxygen atoms in total. The van der Waals surface area contributed by atoms with Gasteiger partial charge in [-0.25, -0.2) is 9.97 Å². The van der Waals surface area contributed by atoms with E-state index < -0.39 is 0 Å². The Hall–Kier alpha value is -6.56. The summed E-state index contributed by atoms with van der Waals surface area (Å²) in [6.07, 6.45) is 0. The predicted molar refractivity (Wildman–Crippen MR) is 214 cm³/mol. The zero-order valence-electron chi connectivity index (χ0n) is 27.4. The Morgan fingerprint density at radius 2 is 0.922 bits per heavy atom. The zero-order valence-corrected chi connectivity index (χ0v) is 28.2. The van der Waals surface area contributed by atoms with E-state index in [9.17, 15) is 0 Å². The number of nitrogens with zero attached hydrogens (tertiary/aromatic N) is 4. The monoisotopic (exact) mass is 668 g/mol. The van der Waals surface area contributed by atoms with Gasteiger partial charge in [0.05, 0.1) is 27.8 Å². The first kappa shape index (κ1) is 28.3. The van der Waals surface area contributed by atoms with Gasteiger partial charge in [0.25, 0.3) is 0 Å². The summed E-state index contributed by atoms with van der Waals surface area (Å²) in [6, 6.07) is 60.5. The van der Waals surface area contributed by atoms with Crippen molar-refractivity contribution >= 4 is 75.1 Å². The Morgan fingerprint density at radius 1 is 0.373 bits per heavy atom. The molecule has 0 radical (unpaired) electrons. The Balaban J connectivity index is 1.21.